The van der Waals surface area contributed by atoms with Crippen LogP contribution in [0.2, 0.25) is 0 Å². The van der Waals surface area contributed by atoms with E-state index in [2.05, 4.69) is 26.2 Å². The van der Waals surface area contributed by atoms with E-state index in [1.54, 1.807) is 18.3 Å². The molecule has 5 nitrogen and oxygen atoms in total. The van der Waals surface area contributed by atoms with Gasteiger partial charge < -0.3 is 0 Å². The lowest BCUT2D eigenvalue weighted by molar-refractivity contribution is 0.963. The van der Waals surface area contributed by atoms with E-state index in [-0.39, 0.29) is 0 Å². The van der Waals surface area contributed by atoms with Crippen molar-refractivity contribution >= 4 is 11.8 Å². The van der Waals surface area contributed by atoms with Crippen molar-refractivity contribution in [2.45, 2.75) is 17.1 Å². The van der Waals surface area contributed by atoms with Crippen molar-refractivity contribution in [2.75, 3.05) is 0 Å². The number of hydrogen-bond donors (Lipinski definition) is 1. The number of aromatic amines is 1. The molecule has 2 heterocycles. The van der Waals surface area contributed by atoms with Gasteiger partial charge in [0.1, 0.15) is 16.9 Å². The molecule has 0 aliphatic carbocycles. The summed E-state index contributed by atoms with van der Waals surface area (Å²) in [5, 5.41) is 16.7. The van der Waals surface area contributed by atoms with Crippen LogP contribution < -0.4 is 0 Å². The van der Waals surface area contributed by atoms with Gasteiger partial charge in [0.2, 0.25) is 5.16 Å². The number of aromatic nitrogens is 4. The molecule has 0 radical (unpaired) electrons. The van der Waals surface area contributed by atoms with Crippen molar-refractivity contribution < 1.29 is 0 Å². The number of aryl methyl sites for hydroxylation is 1. The second kappa shape index (κ2) is 4.11. The maximum atomic E-state index is 8.85. The predicted octanol–water partition coefficient (Wildman–Crippen LogP) is 1.53. The molecule has 15 heavy (non-hydrogen) atoms. The summed E-state index contributed by atoms with van der Waals surface area (Å²) in [6.45, 7) is 1.82. The normalized spacial score (nSPS) is 9.87. The van der Waals surface area contributed by atoms with E-state index in [0.29, 0.717) is 15.7 Å². The minimum absolute atomic E-state index is 0.532. The highest BCUT2D eigenvalue weighted by Crippen LogP contribution is 2.24. The predicted molar refractivity (Wildman–Crippen MR) is 54.2 cm³/mol. The van der Waals surface area contributed by atoms with Gasteiger partial charge in [0.15, 0.2) is 0 Å². The molecule has 0 aliphatic heterocycles. The Kier molecular flexibility index (Phi) is 2.65. The molecule has 0 aromatic carbocycles. The van der Waals surface area contributed by atoms with E-state index >= 15 is 0 Å². The lowest BCUT2D eigenvalue weighted by Crippen LogP contribution is -1.86. The summed E-state index contributed by atoms with van der Waals surface area (Å²) in [7, 11) is 0. The zero-order valence-corrected chi connectivity index (χ0v) is 8.75. The summed E-state index contributed by atoms with van der Waals surface area (Å²) in [5.74, 6) is 0.743. The fourth-order valence-electron chi connectivity index (χ4n) is 1.01. The maximum Gasteiger partial charge on any atom is 0.214 e. The molecule has 0 fully saturated rings. The standard InChI is InChI=1S/C9H7N5S/c1-6-12-9(14-13-6)15-8-7(5-10)3-2-4-11-8/h2-4H,1H3,(H,12,13,14). The van der Waals surface area contributed by atoms with E-state index in [1.165, 1.54) is 11.8 Å². The summed E-state index contributed by atoms with van der Waals surface area (Å²) >= 11 is 1.27. The van der Waals surface area contributed by atoms with E-state index in [0.717, 1.165) is 5.82 Å². The van der Waals surface area contributed by atoms with Crippen LogP contribution in [0.25, 0.3) is 0 Å². The van der Waals surface area contributed by atoms with Gasteiger partial charge in [0.05, 0.1) is 5.56 Å². The van der Waals surface area contributed by atoms with Gasteiger partial charge in [-0.1, -0.05) is 0 Å². The molecule has 2 aromatic heterocycles. The Balaban J connectivity index is 2.28. The van der Waals surface area contributed by atoms with Crippen LogP contribution in [-0.2, 0) is 0 Å². The number of nitriles is 1. The topological polar surface area (TPSA) is 78.2 Å². The third-order valence-electron chi connectivity index (χ3n) is 1.66. The minimum atomic E-state index is 0.532. The summed E-state index contributed by atoms with van der Waals surface area (Å²) in [4.78, 5) is 8.23. The van der Waals surface area contributed by atoms with Crippen molar-refractivity contribution in [3.63, 3.8) is 0 Å². The Hall–Kier alpha value is -1.87. The van der Waals surface area contributed by atoms with Crippen LogP contribution in [0.3, 0.4) is 0 Å². The molecule has 0 aliphatic rings. The first-order valence-corrected chi connectivity index (χ1v) is 5.03. The average Bonchev–Trinajstić information content (AvgIpc) is 2.65. The molecule has 0 saturated carbocycles. The van der Waals surface area contributed by atoms with Gasteiger partial charge in [0, 0.05) is 6.20 Å². The molecular formula is C9H7N5S. The molecule has 0 amide bonds. The zero-order valence-electron chi connectivity index (χ0n) is 7.93. The molecule has 6 heteroatoms. The van der Waals surface area contributed by atoms with Gasteiger partial charge in [-0.25, -0.2) is 9.97 Å². The van der Waals surface area contributed by atoms with Crippen molar-refractivity contribution in [3.05, 3.63) is 29.7 Å². The summed E-state index contributed by atoms with van der Waals surface area (Å²) in [5.41, 5.74) is 0.532. The Labute approximate surface area is 90.6 Å². The maximum absolute atomic E-state index is 8.85. The van der Waals surface area contributed by atoms with Gasteiger partial charge in [-0.05, 0) is 30.8 Å². The van der Waals surface area contributed by atoms with Crippen LogP contribution in [0.4, 0.5) is 0 Å². The van der Waals surface area contributed by atoms with Gasteiger partial charge in [-0.3, -0.25) is 5.10 Å². The zero-order chi connectivity index (χ0) is 10.7. The van der Waals surface area contributed by atoms with E-state index < -0.39 is 0 Å². The Bertz CT molecular complexity index is 513. The van der Waals surface area contributed by atoms with E-state index in [4.69, 9.17) is 5.26 Å². The fourth-order valence-corrected chi connectivity index (χ4v) is 1.80. The van der Waals surface area contributed by atoms with Crippen LogP contribution in [0, 0.1) is 18.3 Å². The second-order valence-electron chi connectivity index (χ2n) is 2.77. The SMILES string of the molecule is Cc1nc(Sc2ncccc2C#N)n[nH]1. The van der Waals surface area contributed by atoms with Crippen molar-refractivity contribution in [2.24, 2.45) is 0 Å². The smallest absolute Gasteiger partial charge is 0.214 e. The second-order valence-corrected chi connectivity index (χ2v) is 3.73. The van der Waals surface area contributed by atoms with Crippen molar-refractivity contribution in [1.82, 2.24) is 20.2 Å². The number of nitrogens with zero attached hydrogens (tertiary/aromatic N) is 4. The quantitative estimate of drug-likeness (QED) is 0.825. The summed E-state index contributed by atoms with van der Waals surface area (Å²) in [6, 6.07) is 5.52. The Morgan fingerprint density at radius 3 is 3.07 bits per heavy atom. The van der Waals surface area contributed by atoms with Crippen molar-refractivity contribution in [3.8, 4) is 6.07 Å². The van der Waals surface area contributed by atoms with Crippen LogP contribution in [0.1, 0.15) is 11.4 Å². The highest BCUT2D eigenvalue weighted by Gasteiger charge is 2.07. The molecule has 0 spiro atoms. The Morgan fingerprint density at radius 1 is 1.53 bits per heavy atom. The lowest BCUT2D eigenvalue weighted by atomic mass is 10.3. The molecule has 2 aromatic rings. The first-order chi connectivity index (χ1) is 7.29. The van der Waals surface area contributed by atoms with Crippen LogP contribution in [0.5, 0.6) is 0 Å². The van der Waals surface area contributed by atoms with E-state index in [9.17, 15) is 0 Å². The van der Waals surface area contributed by atoms with Crippen LogP contribution in [-0.4, -0.2) is 20.2 Å². The van der Waals surface area contributed by atoms with Crippen molar-refractivity contribution in [1.29, 1.82) is 5.26 Å². The number of nitrogens with one attached hydrogen (secondary N) is 1. The molecule has 0 unspecified atom stereocenters. The molecular weight excluding hydrogens is 210 g/mol. The number of rotatable bonds is 2. The molecule has 1 N–H and O–H groups in total. The average molecular weight is 217 g/mol. The van der Waals surface area contributed by atoms with E-state index in [1.807, 2.05) is 6.92 Å². The fraction of sp³-hybridized carbons (Fsp3) is 0.111. The highest BCUT2D eigenvalue weighted by molar-refractivity contribution is 7.99. The van der Waals surface area contributed by atoms with Crippen LogP contribution >= 0.6 is 11.8 Å². The lowest BCUT2D eigenvalue weighted by Gasteiger charge is -1.96. The third-order valence-corrected chi connectivity index (χ3v) is 2.54. The highest BCUT2D eigenvalue weighted by atomic mass is 32.2. The molecule has 0 atom stereocenters. The third kappa shape index (κ3) is 2.14. The number of pyridine rings is 1. The minimum Gasteiger partial charge on any atom is -0.262 e. The molecule has 2 rings (SSSR count). The first-order valence-electron chi connectivity index (χ1n) is 4.21. The van der Waals surface area contributed by atoms with Gasteiger partial charge in [-0.15, -0.1) is 5.10 Å². The number of H-pyrrole nitrogens is 1. The number of hydrogen-bond acceptors (Lipinski definition) is 5. The molecule has 0 saturated heterocycles. The Morgan fingerprint density at radius 2 is 2.40 bits per heavy atom. The van der Waals surface area contributed by atoms with Gasteiger partial charge in [-0.2, -0.15) is 5.26 Å². The molecule has 74 valence electrons. The first kappa shape index (κ1) is 9.68. The monoisotopic (exact) mass is 217 g/mol. The van der Waals surface area contributed by atoms with Gasteiger partial charge >= 0.3 is 0 Å². The molecule has 0 bridgehead atoms. The largest absolute Gasteiger partial charge is 0.262 e. The van der Waals surface area contributed by atoms with Gasteiger partial charge in [0.25, 0.3) is 0 Å². The summed E-state index contributed by atoms with van der Waals surface area (Å²) in [6.07, 6.45) is 1.64. The summed E-state index contributed by atoms with van der Waals surface area (Å²) < 4.78 is 0. The van der Waals surface area contributed by atoms with Crippen LogP contribution in [0.15, 0.2) is 28.5 Å².